The van der Waals surface area contributed by atoms with Crippen LogP contribution in [0.3, 0.4) is 0 Å². The summed E-state index contributed by atoms with van der Waals surface area (Å²) < 4.78 is 13.5. The van der Waals surface area contributed by atoms with E-state index in [0.29, 0.717) is 12.1 Å². The normalized spacial score (nSPS) is 20.2. The molecule has 5 heteroatoms. The fourth-order valence-electron chi connectivity index (χ4n) is 2.43. The predicted molar refractivity (Wildman–Crippen MR) is 74.5 cm³/mol. The molecule has 0 bridgehead atoms. The Balaban J connectivity index is 2.22. The highest BCUT2D eigenvalue weighted by Crippen LogP contribution is 2.22. The van der Waals surface area contributed by atoms with E-state index in [4.69, 9.17) is 0 Å². The first-order valence-corrected chi connectivity index (χ1v) is 7.29. The number of benzene rings is 1. The second kappa shape index (κ2) is 6.48. The molecular formula is C14H17BrFNO2. The van der Waals surface area contributed by atoms with Crippen LogP contribution in [-0.4, -0.2) is 35.1 Å². The Kier molecular flexibility index (Phi) is 4.93. The number of carbonyl (C=O) groups excluding carboxylic acids is 1. The van der Waals surface area contributed by atoms with E-state index >= 15 is 0 Å². The average molecular weight is 330 g/mol. The molecule has 1 aromatic rings. The number of carbonyl (C=O) groups is 1. The van der Waals surface area contributed by atoms with E-state index in [1.807, 2.05) is 0 Å². The quantitative estimate of drug-likeness (QED) is 0.906. The van der Waals surface area contributed by atoms with Gasteiger partial charge in [-0.1, -0.05) is 12.8 Å². The van der Waals surface area contributed by atoms with Crippen LogP contribution in [0.15, 0.2) is 22.7 Å². The third-order valence-electron chi connectivity index (χ3n) is 3.52. The molecule has 1 aliphatic rings. The lowest BCUT2D eigenvalue weighted by atomic mass is 10.1. The highest BCUT2D eigenvalue weighted by Gasteiger charge is 2.25. The number of amides is 1. The van der Waals surface area contributed by atoms with Gasteiger partial charge in [0.25, 0.3) is 5.91 Å². The lowest BCUT2D eigenvalue weighted by Crippen LogP contribution is -2.42. The van der Waals surface area contributed by atoms with Crippen molar-refractivity contribution < 1.29 is 14.3 Å². The monoisotopic (exact) mass is 329 g/mol. The van der Waals surface area contributed by atoms with Gasteiger partial charge in [-0.2, -0.15) is 0 Å². The van der Waals surface area contributed by atoms with Gasteiger partial charge in [0.15, 0.2) is 0 Å². The van der Waals surface area contributed by atoms with Crippen LogP contribution >= 0.6 is 15.9 Å². The summed E-state index contributed by atoms with van der Waals surface area (Å²) in [5.74, 6) is -0.521. The van der Waals surface area contributed by atoms with Gasteiger partial charge in [-0.3, -0.25) is 4.79 Å². The van der Waals surface area contributed by atoms with Crippen molar-refractivity contribution in [3.8, 4) is 0 Å². The van der Waals surface area contributed by atoms with Gasteiger partial charge < -0.3 is 10.0 Å². The molecule has 0 aliphatic carbocycles. The number of hydrogen-bond donors (Lipinski definition) is 1. The van der Waals surface area contributed by atoms with Crippen LogP contribution in [-0.2, 0) is 0 Å². The van der Waals surface area contributed by atoms with E-state index in [9.17, 15) is 14.3 Å². The maximum atomic E-state index is 13.2. The SMILES string of the molecule is O=C(c1ccc(F)c(Br)c1)N1CCCCCC1CO. The first-order chi connectivity index (χ1) is 9.13. The molecular weight excluding hydrogens is 313 g/mol. The number of aliphatic hydroxyl groups is 1. The summed E-state index contributed by atoms with van der Waals surface area (Å²) in [6.45, 7) is 0.632. The molecule has 0 spiro atoms. The Morgan fingerprint density at radius 1 is 1.42 bits per heavy atom. The average Bonchev–Trinajstić information content (AvgIpc) is 2.66. The molecule has 1 amide bonds. The van der Waals surface area contributed by atoms with Gasteiger partial charge in [0.05, 0.1) is 17.1 Å². The summed E-state index contributed by atoms with van der Waals surface area (Å²) in [5.41, 5.74) is 0.452. The van der Waals surface area contributed by atoms with Crippen molar-refractivity contribution in [1.82, 2.24) is 4.90 Å². The smallest absolute Gasteiger partial charge is 0.254 e. The maximum absolute atomic E-state index is 13.2. The lowest BCUT2D eigenvalue weighted by Gasteiger charge is -2.28. The standard InChI is InChI=1S/C14H17BrFNO2/c15-12-8-10(5-6-13(12)16)14(19)17-7-3-1-2-4-11(17)9-18/h5-6,8,11,18H,1-4,7,9H2. The summed E-state index contributed by atoms with van der Waals surface area (Å²) in [7, 11) is 0. The van der Waals surface area contributed by atoms with Crippen LogP contribution < -0.4 is 0 Å². The Labute approximate surface area is 120 Å². The molecule has 1 saturated heterocycles. The third kappa shape index (κ3) is 3.34. The summed E-state index contributed by atoms with van der Waals surface area (Å²) in [4.78, 5) is 14.2. The van der Waals surface area contributed by atoms with Gasteiger partial charge >= 0.3 is 0 Å². The third-order valence-corrected chi connectivity index (χ3v) is 4.12. The van der Waals surface area contributed by atoms with Crippen molar-refractivity contribution in [2.45, 2.75) is 31.7 Å². The van der Waals surface area contributed by atoms with Gasteiger partial charge in [0.2, 0.25) is 0 Å². The Hall–Kier alpha value is -0.940. The molecule has 104 valence electrons. The van der Waals surface area contributed by atoms with Crippen molar-refractivity contribution in [2.75, 3.05) is 13.2 Å². The summed E-state index contributed by atoms with van der Waals surface area (Å²) in [6.07, 6.45) is 3.88. The minimum Gasteiger partial charge on any atom is -0.394 e. The topological polar surface area (TPSA) is 40.5 Å². The Bertz CT molecular complexity index is 467. The van der Waals surface area contributed by atoms with E-state index in [0.717, 1.165) is 25.7 Å². The molecule has 3 nitrogen and oxygen atoms in total. The predicted octanol–water partition coefficient (Wildman–Crippen LogP) is 2.97. The molecule has 1 fully saturated rings. The minimum absolute atomic E-state index is 0.0197. The first kappa shape index (κ1) is 14.5. The van der Waals surface area contributed by atoms with Crippen molar-refractivity contribution in [2.24, 2.45) is 0 Å². The minimum atomic E-state index is -0.383. The van der Waals surface area contributed by atoms with Gasteiger partial charge in [-0.15, -0.1) is 0 Å². The van der Waals surface area contributed by atoms with Crippen molar-refractivity contribution in [3.05, 3.63) is 34.1 Å². The summed E-state index contributed by atoms with van der Waals surface area (Å²) in [5, 5.41) is 9.42. The first-order valence-electron chi connectivity index (χ1n) is 6.50. The molecule has 0 radical (unpaired) electrons. The highest BCUT2D eigenvalue weighted by atomic mass is 79.9. The fraction of sp³-hybridized carbons (Fsp3) is 0.500. The molecule has 1 atom stereocenters. The number of hydrogen-bond acceptors (Lipinski definition) is 2. The summed E-state index contributed by atoms with van der Waals surface area (Å²) >= 11 is 3.09. The van der Waals surface area contributed by atoms with Crippen LogP contribution in [0.4, 0.5) is 4.39 Å². The molecule has 2 rings (SSSR count). The van der Waals surface area contributed by atoms with E-state index in [2.05, 4.69) is 15.9 Å². The van der Waals surface area contributed by atoms with Crippen LogP contribution in [0, 0.1) is 5.82 Å². The van der Waals surface area contributed by atoms with Crippen LogP contribution in [0.2, 0.25) is 0 Å². The zero-order valence-corrected chi connectivity index (χ0v) is 12.2. The molecule has 1 aliphatic heterocycles. The second-order valence-corrected chi connectivity index (χ2v) is 5.67. The Morgan fingerprint density at radius 3 is 2.89 bits per heavy atom. The second-order valence-electron chi connectivity index (χ2n) is 4.81. The highest BCUT2D eigenvalue weighted by molar-refractivity contribution is 9.10. The van der Waals surface area contributed by atoms with Crippen molar-refractivity contribution in [1.29, 1.82) is 0 Å². The molecule has 0 saturated carbocycles. The lowest BCUT2D eigenvalue weighted by molar-refractivity contribution is 0.0599. The fourth-order valence-corrected chi connectivity index (χ4v) is 2.81. The summed E-state index contributed by atoms with van der Waals surface area (Å²) in [6, 6.07) is 4.14. The van der Waals surface area contributed by atoms with E-state index in [1.165, 1.54) is 18.2 Å². The van der Waals surface area contributed by atoms with Crippen LogP contribution in [0.25, 0.3) is 0 Å². The molecule has 0 aromatic heterocycles. The maximum Gasteiger partial charge on any atom is 0.254 e. The molecule has 1 heterocycles. The van der Waals surface area contributed by atoms with Gasteiger partial charge in [0.1, 0.15) is 5.82 Å². The molecule has 1 unspecified atom stereocenters. The van der Waals surface area contributed by atoms with Crippen molar-refractivity contribution >= 4 is 21.8 Å². The zero-order chi connectivity index (χ0) is 13.8. The number of rotatable bonds is 2. The zero-order valence-electron chi connectivity index (χ0n) is 10.6. The largest absolute Gasteiger partial charge is 0.394 e. The van der Waals surface area contributed by atoms with E-state index in [-0.39, 0.29) is 28.8 Å². The number of nitrogens with zero attached hydrogens (tertiary/aromatic N) is 1. The Morgan fingerprint density at radius 2 is 2.21 bits per heavy atom. The van der Waals surface area contributed by atoms with Crippen molar-refractivity contribution in [3.63, 3.8) is 0 Å². The van der Waals surface area contributed by atoms with E-state index in [1.54, 1.807) is 4.90 Å². The number of aliphatic hydroxyl groups excluding tert-OH is 1. The van der Waals surface area contributed by atoms with Gasteiger partial charge in [-0.25, -0.2) is 4.39 Å². The number of halogens is 2. The van der Waals surface area contributed by atoms with Gasteiger partial charge in [0, 0.05) is 12.1 Å². The van der Waals surface area contributed by atoms with E-state index < -0.39 is 0 Å². The molecule has 1 aromatic carbocycles. The van der Waals surface area contributed by atoms with Gasteiger partial charge in [-0.05, 0) is 47.0 Å². The van der Waals surface area contributed by atoms with Crippen LogP contribution in [0.5, 0.6) is 0 Å². The number of likely N-dealkylation sites (tertiary alicyclic amines) is 1. The van der Waals surface area contributed by atoms with Crippen LogP contribution in [0.1, 0.15) is 36.0 Å². The molecule has 19 heavy (non-hydrogen) atoms. The molecule has 1 N–H and O–H groups in total.